The Balaban J connectivity index is 1.60. The lowest BCUT2D eigenvalue weighted by Gasteiger charge is -2.30. The highest BCUT2D eigenvalue weighted by Crippen LogP contribution is 2.26. The quantitative estimate of drug-likeness (QED) is 0.490. The summed E-state index contributed by atoms with van der Waals surface area (Å²) < 4.78 is 54.1. The number of amides is 1. The summed E-state index contributed by atoms with van der Waals surface area (Å²) in [5.74, 6) is -0.737. The van der Waals surface area contributed by atoms with Gasteiger partial charge in [0.2, 0.25) is 10.0 Å². The summed E-state index contributed by atoms with van der Waals surface area (Å²) in [6.07, 6.45) is 1.11. The third-order valence-corrected chi connectivity index (χ3v) is 8.72. The Kier molecular flexibility index (Phi) is 7.46. The molecular weight excluding hydrogens is 481 g/mol. The highest BCUT2D eigenvalue weighted by Gasteiger charge is 2.33. The molecule has 11 heteroatoms. The second kappa shape index (κ2) is 10.3. The van der Waals surface area contributed by atoms with Gasteiger partial charge in [0, 0.05) is 26.7 Å². The minimum absolute atomic E-state index is 0.0638. The molecule has 1 unspecified atom stereocenters. The van der Waals surface area contributed by atoms with E-state index in [0.29, 0.717) is 47.8 Å². The molecule has 0 N–H and O–H groups in total. The van der Waals surface area contributed by atoms with Crippen molar-refractivity contribution < 1.29 is 27.1 Å². The number of fused-ring (bicyclic) bond motifs is 1. The largest absolute Gasteiger partial charge is 0.497 e. The van der Waals surface area contributed by atoms with Crippen LogP contribution < -0.4 is 9.54 Å². The van der Waals surface area contributed by atoms with Crippen LogP contribution in [-0.4, -0.2) is 57.1 Å². The summed E-state index contributed by atoms with van der Waals surface area (Å²) >= 11 is 1.22. The fraction of sp³-hybridized carbons (Fsp3) is 0.391. The third kappa shape index (κ3) is 5.07. The van der Waals surface area contributed by atoms with Crippen LogP contribution in [-0.2, 0) is 26.1 Å². The molecule has 0 bridgehead atoms. The van der Waals surface area contributed by atoms with Crippen LogP contribution in [0.15, 0.2) is 52.4 Å². The third-order valence-electron chi connectivity index (χ3n) is 5.80. The molecule has 1 amide bonds. The summed E-state index contributed by atoms with van der Waals surface area (Å²) in [4.78, 5) is 18.1. The molecule has 0 aliphatic carbocycles. The van der Waals surface area contributed by atoms with Crippen LogP contribution >= 0.6 is 11.3 Å². The van der Waals surface area contributed by atoms with Gasteiger partial charge in [-0.1, -0.05) is 11.3 Å². The molecule has 0 spiro atoms. The van der Waals surface area contributed by atoms with E-state index in [1.54, 1.807) is 25.3 Å². The van der Waals surface area contributed by atoms with Crippen LogP contribution in [0.25, 0.3) is 10.2 Å². The maximum Gasteiger partial charge on any atom is 0.252 e. The molecular formula is C23H26FN3O5S2. The van der Waals surface area contributed by atoms with Crippen LogP contribution in [0.5, 0.6) is 5.75 Å². The predicted molar refractivity (Wildman–Crippen MR) is 127 cm³/mol. The van der Waals surface area contributed by atoms with Crippen LogP contribution in [0.3, 0.4) is 0 Å². The van der Waals surface area contributed by atoms with Crippen LogP contribution in [0.1, 0.15) is 12.8 Å². The zero-order valence-electron chi connectivity index (χ0n) is 18.9. The van der Waals surface area contributed by atoms with Crippen molar-refractivity contribution in [3.05, 3.63) is 53.1 Å². The van der Waals surface area contributed by atoms with Gasteiger partial charge in [-0.2, -0.15) is 9.30 Å². The van der Waals surface area contributed by atoms with E-state index in [0.717, 1.165) is 5.52 Å². The Bertz CT molecular complexity index is 1350. The van der Waals surface area contributed by atoms with Gasteiger partial charge >= 0.3 is 0 Å². The lowest BCUT2D eigenvalue weighted by atomic mass is 9.99. The van der Waals surface area contributed by atoms with Gasteiger partial charge in [-0.05, 0) is 55.3 Å². The Labute approximate surface area is 201 Å². The molecule has 1 atom stereocenters. The van der Waals surface area contributed by atoms with Gasteiger partial charge in [0.15, 0.2) is 4.80 Å². The standard InChI is InChI=1S/C23H26FN3O5S2/c1-31-13-12-27-20-10-5-17(24)14-21(20)33-23(27)25-22(28)16-4-3-11-26(15-16)34(29,30)19-8-6-18(32-2)7-9-19/h5-10,14,16H,3-4,11-13,15H2,1-2H3. The number of carbonyl (C=O) groups excluding carboxylic acids is 1. The zero-order valence-corrected chi connectivity index (χ0v) is 20.6. The molecule has 4 rings (SSSR count). The second-order valence-electron chi connectivity index (χ2n) is 7.97. The summed E-state index contributed by atoms with van der Waals surface area (Å²) in [5.41, 5.74) is 0.766. The SMILES string of the molecule is COCCn1c(=NC(=O)C2CCCN(S(=O)(=O)c3ccc(OC)cc3)C2)sc2cc(F)ccc21. The molecule has 8 nitrogen and oxygen atoms in total. The minimum Gasteiger partial charge on any atom is -0.497 e. The first kappa shape index (κ1) is 24.5. The van der Waals surface area contributed by atoms with Crippen molar-refractivity contribution >= 4 is 37.5 Å². The molecule has 1 fully saturated rings. The van der Waals surface area contributed by atoms with E-state index in [4.69, 9.17) is 9.47 Å². The van der Waals surface area contributed by atoms with Crippen LogP contribution in [0, 0.1) is 11.7 Å². The zero-order chi connectivity index (χ0) is 24.3. The Hall–Kier alpha value is -2.60. The number of piperidine rings is 1. The van der Waals surface area contributed by atoms with E-state index >= 15 is 0 Å². The number of sulfonamides is 1. The maximum absolute atomic E-state index is 13.7. The summed E-state index contributed by atoms with van der Waals surface area (Å²) in [5, 5.41) is 0. The van der Waals surface area contributed by atoms with Gasteiger partial charge in [0.25, 0.3) is 5.91 Å². The fourth-order valence-corrected chi connectivity index (χ4v) is 6.59. The van der Waals surface area contributed by atoms with E-state index in [1.807, 2.05) is 4.57 Å². The van der Waals surface area contributed by atoms with Gasteiger partial charge in [-0.25, -0.2) is 12.8 Å². The van der Waals surface area contributed by atoms with E-state index < -0.39 is 15.9 Å². The fourth-order valence-electron chi connectivity index (χ4n) is 3.98. The molecule has 0 saturated carbocycles. The van der Waals surface area contributed by atoms with Crippen molar-refractivity contribution in [2.45, 2.75) is 24.3 Å². The molecule has 2 aromatic carbocycles. The lowest BCUT2D eigenvalue weighted by molar-refractivity contribution is -0.122. The predicted octanol–water partition coefficient (Wildman–Crippen LogP) is 3.03. The monoisotopic (exact) mass is 507 g/mol. The highest BCUT2D eigenvalue weighted by molar-refractivity contribution is 7.89. The number of rotatable bonds is 7. The van der Waals surface area contributed by atoms with Gasteiger partial charge in [-0.15, -0.1) is 0 Å². The van der Waals surface area contributed by atoms with Gasteiger partial charge in [0.05, 0.1) is 34.7 Å². The van der Waals surface area contributed by atoms with Gasteiger partial charge in [-0.3, -0.25) is 4.79 Å². The summed E-state index contributed by atoms with van der Waals surface area (Å²) in [6.45, 7) is 1.27. The minimum atomic E-state index is -3.75. The summed E-state index contributed by atoms with van der Waals surface area (Å²) in [7, 11) is -0.655. The molecule has 34 heavy (non-hydrogen) atoms. The molecule has 0 radical (unpaired) electrons. The highest BCUT2D eigenvalue weighted by atomic mass is 32.2. The van der Waals surface area contributed by atoms with E-state index in [-0.39, 0.29) is 23.2 Å². The van der Waals surface area contributed by atoms with Crippen molar-refractivity contribution in [2.75, 3.05) is 33.9 Å². The first-order chi connectivity index (χ1) is 16.3. The molecule has 2 heterocycles. The lowest BCUT2D eigenvalue weighted by Crippen LogP contribution is -2.42. The number of thiazole rings is 1. The topological polar surface area (TPSA) is 90.2 Å². The number of hydrogen-bond donors (Lipinski definition) is 0. The number of ether oxygens (including phenoxy) is 2. The van der Waals surface area contributed by atoms with Crippen molar-refractivity contribution in [3.8, 4) is 5.75 Å². The average molecular weight is 508 g/mol. The number of aromatic nitrogens is 1. The normalized spacial score (nSPS) is 17.9. The molecule has 3 aromatic rings. The molecule has 1 aliphatic rings. The maximum atomic E-state index is 13.7. The van der Waals surface area contributed by atoms with Gasteiger partial charge in [0.1, 0.15) is 11.6 Å². The average Bonchev–Trinajstić information content (AvgIpc) is 3.18. The van der Waals surface area contributed by atoms with E-state index in [2.05, 4.69) is 4.99 Å². The number of halogens is 1. The smallest absolute Gasteiger partial charge is 0.252 e. The van der Waals surface area contributed by atoms with Crippen molar-refractivity contribution in [1.29, 1.82) is 0 Å². The van der Waals surface area contributed by atoms with E-state index in [1.165, 1.54) is 47.0 Å². The van der Waals surface area contributed by atoms with Crippen molar-refractivity contribution in [2.24, 2.45) is 10.9 Å². The summed E-state index contributed by atoms with van der Waals surface area (Å²) in [6, 6.07) is 10.6. The second-order valence-corrected chi connectivity index (χ2v) is 10.9. The van der Waals surface area contributed by atoms with Crippen LogP contribution in [0.2, 0.25) is 0 Å². The molecule has 1 aromatic heterocycles. The number of carbonyl (C=O) groups is 1. The van der Waals surface area contributed by atoms with E-state index in [9.17, 15) is 17.6 Å². The van der Waals surface area contributed by atoms with Gasteiger partial charge < -0.3 is 14.0 Å². The van der Waals surface area contributed by atoms with Crippen LogP contribution in [0.4, 0.5) is 4.39 Å². The Morgan fingerprint density at radius 1 is 1.21 bits per heavy atom. The first-order valence-electron chi connectivity index (χ1n) is 10.8. The molecule has 1 aliphatic heterocycles. The van der Waals surface area contributed by atoms with Crippen molar-refractivity contribution in [3.63, 3.8) is 0 Å². The first-order valence-corrected chi connectivity index (χ1v) is 13.1. The number of methoxy groups -OCH3 is 2. The Morgan fingerprint density at radius 2 is 1.97 bits per heavy atom. The van der Waals surface area contributed by atoms with Crippen molar-refractivity contribution in [1.82, 2.24) is 8.87 Å². The number of hydrogen-bond acceptors (Lipinski definition) is 6. The number of benzene rings is 2. The molecule has 182 valence electrons. The number of nitrogens with zero attached hydrogens (tertiary/aromatic N) is 3. The molecule has 1 saturated heterocycles. The Morgan fingerprint density at radius 3 is 2.68 bits per heavy atom.